The van der Waals surface area contributed by atoms with Crippen LogP contribution in [0.4, 0.5) is 5.69 Å². The molecule has 1 heterocycles. The third kappa shape index (κ3) is 3.49. The standard InChI is InChI=1S/C14H19Cl3N2/c1-3-4-10-8-19(9(2)7-18-10)14-6-12(16)11(15)5-13(14)17/h5-6,9-10,18H,3-4,7-8H2,1-2H3. The van der Waals surface area contributed by atoms with E-state index in [1.54, 1.807) is 6.07 Å². The maximum Gasteiger partial charge on any atom is 0.0655 e. The Balaban J connectivity index is 2.25. The Hall–Kier alpha value is -0.150. The van der Waals surface area contributed by atoms with E-state index in [4.69, 9.17) is 34.8 Å². The van der Waals surface area contributed by atoms with Gasteiger partial charge in [-0.3, -0.25) is 0 Å². The molecular formula is C14H19Cl3N2. The monoisotopic (exact) mass is 320 g/mol. The molecule has 1 aromatic rings. The fourth-order valence-electron chi connectivity index (χ4n) is 2.54. The van der Waals surface area contributed by atoms with Crippen molar-refractivity contribution < 1.29 is 0 Å². The molecule has 0 aromatic heterocycles. The summed E-state index contributed by atoms with van der Waals surface area (Å²) in [6.07, 6.45) is 2.34. The van der Waals surface area contributed by atoms with Gasteiger partial charge in [0.2, 0.25) is 0 Å². The van der Waals surface area contributed by atoms with E-state index in [9.17, 15) is 0 Å². The average molecular weight is 322 g/mol. The molecule has 0 spiro atoms. The van der Waals surface area contributed by atoms with Gasteiger partial charge in [0.05, 0.1) is 20.8 Å². The molecule has 2 rings (SSSR count). The van der Waals surface area contributed by atoms with E-state index in [1.807, 2.05) is 6.07 Å². The highest BCUT2D eigenvalue weighted by Crippen LogP contribution is 2.36. The minimum atomic E-state index is 0.392. The van der Waals surface area contributed by atoms with Crippen molar-refractivity contribution in [3.05, 3.63) is 27.2 Å². The highest BCUT2D eigenvalue weighted by molar-refractivity contribution is 6.44. The molecular weight excluding hydrogens is 303 g/mol. The number of halogens is 3. The number of nitrogens with one attached hydrogen (secondary N) is 1. The predicted molar refractivity (Wildman–Crippen MR) is 85.0 cm³/mol. The molecule has 106 valence electrons. The van der Waals surface area contributed by atoms with Crippen LogP contribution in [0.1, 0.15) is 26.7 Å². The molecule has 2 atom stereocenters. The van der Waals surface area contributed by atoms with Crippen LogP contribution < -0.4 is 10.2 Å². The number of anilines is 1. The highest BCUT2D eigenvalue weighted by atomic mass is 35.5. The molecule has 19 heavy (non-hydrogen) atoms. The highest BCUT2D eigenvalue weighted by Gasteiger charge is 2.26. The van der Waals surface area contributed by atoms with E-state index in [2.05, 4.69) is 24.1 Å². The number of benzene rings is 1. The lowest BCUT2D eigenvalue weighted by atomic mass is 10.0. The summed E-state index contributed by atoms with van der Waals surface area (Å²) in [7, 11) is 0. The topological polar surface area (TPSA) is 15.3 Å². The third-order valence-electron chi connectivity index (χ3n) is 3.59. The van der Waals surface area contributed by atoms with E-state index in [0.717, 1.165) is 18.8 Å². The number of rotatable bonds is 3. The SMILES string of the molecule is CCCC1CN(c2cc(Cl)c(Cl)cc2Cl)C(C)CN1. The first-order valence-corrected chi connectivity index (χ1v) is 7.81. The molecule has 1 aromatic carbocycles. The maximum atomic E-state index is 6.32. The van der Waals surface area contributed by atoms with E-state index < -0.39 is 0 Å². The van der Waals surface area contributed by atoms with Crippen LogP contribution in [-0.2, 0) is 0 Å². The number of piperazine rings is 1. The van der Waals surface area contributed by atoms with Crippen molar-refractivity contribution in [2.24, 2.45) is 0 Å². The van der Waals surface area contributed by atoms with E-state index in [-0.39, 0.29) is 0 Å². The molecule has 1 fully saturated rings. The van der Waals surface area contributed by atoms with Gasteiger partial charge >= 0.3 is 0 Å². The van der Waals surface area contributed by atoms with Crippen molar-refractivity contribution >= 4 is 40.5 Å². The van der Waals surface area contributed by atoms with Gasteiger partial charge in [0.15, 0.2) is 0 Å². The van der Waals surface area contributed by atoms with Crippen molar-refractivity contribution in [1.29, 1.82) is 0 Å². The van der Waals surface area contributed by atoms with Crippen LogP contribution in [0.25, 0.3) is 0 Å². The van der Waals surface area contributed by atoms with Gasteiger partial charge in [0, 0.05) is 25.2 Å². The van der Waals surface area contributed by atoms with Gasteiger partial charge in [-0.25, -0.2) is 0 Å². The first-order valence-electron chi connectivity index (χ1n) is 6.67. The molecule has 5 heteroatoms. The molecule has 1 aliphatic rings. The maximum absolute atomic E-state index is 6.32. The first kappa shape index (κ1) is 15.2. The molecule has 0 radical (unpaired) electrons. The fraction of sp³-hybridized carbons (Fsp3) is 0.571. The first-order chi connectivity index (χ1) is 9.02. The minimum Gasteiger partial charge on any atom is -0.365 e. The van der Waals surface area contributed by atoms with Gasteiger partial charge in [-0.15, -0.1) is 0 Å². The molecule has 0 aliphatic carbocycles. The Morgan fingerprint density at radius 2 is 1.89 bits per heavy atom. The molecule has 1 aliphatic heterocycles. The summed E-state index contributed by atoms with van der Waals surface area (Å²) >= 11 is 18.4. The summed E-state index contributed by atoms with van der Waals surface area (Å²) in [6.45, 7) is 6.30. The lowest BCUT2D eigenvalue weighted by molar-refractivity contribution is 0.386. The summed E-state index contributed by atoms with van der Waals surface area (Å²) in [6, 6.07) is 4.50. The third-order valence-corrected chi connectivity index (χ3v) is 4.61. The second kappa shape index (κ2) is 6.53. The Bertz CT molecular complexity index is 451. The second-order valence-electron chi connectivity index (χ2n) is 5.11. The molecule has 0 bridgehead atoms. The molecule has 2 nitrogen and oxygen atoms in total. The number of hydrogen-bond donors (Lipinski definition) is 1. The van der Waals surface area contributed by atoms with Crippen molar-refractivity contribution in [2.75, 3.05) is 18.0 Å². The van der Waals surface area contributed by atoms with Gasteiger partial charge in [-0.05, 0) is 25.5 Å². The van der Waals surface area contributed by atoms with E-state index in [1.165, 1.54) is 12.8 Å². The normalized spacial score (nSPS) is 23.7. The summed E-state index contributed by atoms with van der Waals surface area (Å²) < 4.78 is 0. The van der Waals surface area contributed by atoms with Crippen LogP contribution in [-0.4, -0.2) is 25.2 Å². The smallest absolute Gasteiger partial charge is 0.0655 e. The van der Waals surface area contributed by atoms with Crippen molar-refractivity contribution in [1.82, 2.24) is 5.32 Å². The summed E-state index contributed by atoms with van der Waals surface area (Å²) in [5.74, 6) is 0. The minimum absolute atomic E-state index is 0.392. The van der Waals surface area contributed by atoms with Crippen LogP contribution in [0.2, 0.25) is 15.1 Å². The lowest BCUT2D eigenvalue weighted by Gasteiger charge is -2.41. The van der Waals surface area contributed by atoms with Crippen LogP contribution in [0, 0.1) is 0 Å². The summed E-state index contributed by atoms with van der Waals surface area (Å²) in [5.41, 5.74) is 0.978. The Labute approximate surface area is 130 Å². The molecule has 1 N–H and O–H groups in total. The number of nitrogens with zero attached hydrogens (tertiary/aromatic N) is 1. The van der Waals surface area contributed by atoms with Crippen LogP contribution >= 0.6 is 34.8 Å². The van der Waals surface area contributed by atoms with Crippen LogP contribution in [0.15, 0.2) is 12.1 Å². The van der Waals surface area contributed by atoms with Gasteiger partial charge in [0.25, 0.3) is 0 Å². The second-order valence-corrected chi connectivity index (χ2v) is 6.33. The van der Waals surface area contributed by atoms with Gasteiger partial charge in [-0.2, -0.15) is 0 Å². The van der Waals surface area contributed by atoms with Crippen LogP contribution in [0.3, 0.4) is 0 Å². The lowest BCUT2D eigenvalue weighted by Crippen LogP contribution is -2.55. The number of hydrogen-bond acceptors (Lipinski definition) is 2. The molecule has 0 amide bonds. The van der Waals surface area contributed by atoms with E-state index >= 15 is 0 Å². The molecule has 2 unspecified atom stereocenters. The Morgan fingerprint density at radius 1 is 1.21 bits per heavy atom. The quantitative estimate of drug-likeness (QED) is 0.818. The van der Waals surface area contributed by atoms with Crippen molar-refractivity contribution in [3.8, 4) is 0 Å². The van der Waals surface area contributed by atoms with Gasteiger partial charge in [0.1, 0.15) is 0 Å². The Kier molecular flexibility index (Phi) is 5.24. The van der Waals surface area contributed by atoms with Crippen molar-refractivity contribution in [3.63, 3.8) is 0 Å². The summed E-state index contributed by atoms with van der Waals surface area (Å²) in [5, 5.41) is 5.29. The fourth-order valence-corrected chi connectivity index (χ4v) is 3.19. The zero-order valence-corrected chi connectivity index (χ0v) is 13.5. The molecule has 1 saturated heterocycles. The van der Waals surface area contributed by atoms with Crippen LogP contribution in [0.5, 0.6) is 0 Å². The van der Waals surface area contributed by atoms with Crippen molar-refractivity contribution in [2.45, 2.75) is 38.8 Å². The Morgan fingerprint density at radius 3 is 2.58 bits per heavy atom. The largest absolute Gasteiger partial charge is 0.365 e. The summed E-state index contributed by atoms with van der Waals surface area (Å²) in [4.78, 5) is 2.32. The zero-order chi connectivity index (χ0) is 14.0. The van der Waals surface area contributed by atoms with Gasteiger partial charge < -0.3 is 10.2 Å². The zero-order valence-electron chi connectivity index (χ0n) is 11.2. The van der Waals surface area contributed by atoms with Gasteiger partial charge in [-0.1, -0.05) is 48.1 Å². The predicted octanol–water partition coefficient (Wildman–Crippen LogP) is 4.61. The molecule has 0 saturated carbocycles. The van der Waals surface area contributed by atoms with E-state index in [0.29, 0.717) is 27.2 Å². The average Bonchev–Trinajstić information content (AvgIpc) is 2.37.